The highest BCUT2D eigenvalue weighted by molar-refractivity contribution is 5.93. The van der Waals surface area contributed by atoms with E-state index in [1.54, 1.807) is 12.1 Å². The summed E-state index contributed by atoms with van der Waals surface area (Å²) in [6, 6.07) is 21.0. The molecule has 1 heterocycles. The number of nitro groups is 2. The number of carbonyl (C=O) groups excluding carboxylic acids is 1. The molecule has 0 spiro atoms. The summed E-state index contributed by atoms with van der Waals surface area (Å²) in [4.78, 5) is 39.0. The van der Waals surface area contributed by atoms with Gasteiger partial charge in [0.1, 0.15) is 0 Å². The first kappa shape index (κ1) is 18.8. The monoisotopic (exact) mass is 403 g/mol. The third-order valence-corrected chi connectivity index (χ3v) is 4.47. The van der Waals surface area contributed by atoms with E-state index in [4.69, 9.17) is 4.84 Å². The highest BCUT2D eigenvalue weighted by Gasteiger charge is 2.22. The number of nitro benzene ring substituents is 2. The predicted molar refractivity (Wildman–Crippen MR) is 108 cm³/mol. The highest BCUT2D eigenvalue weighted by Crippen LogP contribution is 2.28. The fraction of sp³-hybridized carbons (Fsp3) is 0. The second kappa shape index (κ2) is 7.47. The zero-order valence-electron chi connectivity index (χ0n) is 15.3. The molecule has 9 heteroatoms. The van der Waals surface area contributed by atoms with E-state index in [1.807, 2.05) is 48.5 Å². The van der Waals surface area contributed by atoms with Crippen LogP contribution in [-0.4, -0.2) is 20.5 Å². The highest BCUT2D eigenvalue weighted by atomic mass is 16.7. The van der Waals surface area contributed by atoms with Crippen LogP contribution in [-0.2, 0) is 0 Å². The summed E-state index contributed by atoms with van der Waals surface area (Å²) >= 11 is 0. The van der Waals surface area contributed by atoms with Crippen LogP contribution in [0.4, 0.5) is 11.4 Å². The number of rotatable bonds is 5. The van der Waals surface area contributed by atoms with Crippen LogP contribution in [0.3, 0.4) is 0 Å². The summed E-state index contributed by atoms with van der Waals surface area (Å²) in [6.07, 6.45) is 0. The van der Waals surface area contributed by atoms with Crippen LogP contribution in [0.15, 0.2) is 78.9 Å². The molecule has 9 nitrogen and oxygen atoms in total. The zero-order chi connectivity index (χ0) is 21.3. The lowest BCUT2D eigenvalue weighted by atomic mass is 10.1. The molecule has 4 rings (SSSR count). The maximum absolute atomic E-state index is 12.8. The number of hydrogen-bond donors (Lipinski definition) is 0. The zero-order valence-corrected chi connectivity index (χ0v) is 15.3. The molecule has 0 N–H and O–H groups in total. The van der Waals surface area contributed by atoms with Crippen LogP contribution >= 0.6 is 0 Å². The van der Waals surface area contributed by atoms with Gasteiger partial charge in [0.05, 0.1) is 32.7 Å². The van der Waals surface area contributed by atoms with E-state index >= 15 is 0 Å². The Morgan fingerprint density at radius 2 is 1.40 bits per heavy atom. The van der Waals surface area contributed by atoms with Crippen LogP contribution in [0.25, 0.3) is 22.2 Å². The van der Waals surface area contributed by atoms with Gasteiger partial charge in [-0.25, -0.2) is 4.79 Å². The third kappa shape index (κ3) is 3.47. The van der Waals surface area contributed by atoms with Gasteiger partial charge in [-0.05, 0) is 12.1 Å². The Bertz CT molecular complexity index is 1260. The molecule has 0 amide bonds. The number of benzene rings is 3. The number of non-ortho nitro benzene ring substituents is 2. The second-order valence-corrected chi connectivity index (χ2v) is 6.38. The van der Waals surface area contributed by atoms with Gasteiger partial charge in [-0.15, -0.1) is 0 Å². The van der Waals surface area contributed by atoms with Crippen LogP contribution in [0.5, 0.6) is 0 Å². The van der Waals surface area contributed by atoms with Gasteiger partial charge >= 0.3 is 5.97 Å². The smallest absolute Gasteiger partial charge is 0.330 e. The van der Waals surface area contributed by atoms with Crippen molar-refractivity contribution in [1.82, 2.24) is 4.73 Å². The number of nitrogens with zero attached hydrogens (tertiary/aromatic N) is 3. The van der Waals surface area contributed by atoms with Gasteiger partial charge in [0.2, 0.25) is 0 Å². The lowest BCUT2D eigenvalue weighted by Crippen LogP contribution is -2.20. The van der Waals surface area contributed by atoms with Crippen molar-refractivity contribution >= 4 is 28.2 Å². The van der Waals surface area contributed by atoms with Gasteiger partial charge in [0, 0.05) is 23.1 Å². The molecule has 30 heavy (non-hydrogen) atoms. The average Bonchev–Trinajstić information content (AvgIpc) is 3.12. The van der Waals surface area contributed by atoms with E-state index in [9.17, 15) is 25.0 Å². The number of carbonyl (C=O) groups is 1. The molecule has 0 saturated heterocycles. The minimum absolute atomic E-state index is 0.298. The molecule has 0 bridgehead atoms. The van der Waals surface area contributed by atoms with E-state index in [0.29, 0.717) is 11.2 Å². The molecule has 0 atom stereocenters. The fourth-order valence-electron chi connectivity index (χ4n) is 3.10. The normalized spacial score (nSPS) is 10.7. The summed E-state index contributed by atoms with van der Waals surface area (Å²) in [7, 11) is 0. The summed E-state index contributed by atoms with van der Waals surface area (Å²) in [5, 5.41) is 23.0. The van der Waals surface area contributed by atoms with Gasteiger partial charge in [0.15, 0.2) is 0 Å². The summed E-state index contributed by atoms with van der Waals surface area (Å²) in [6.45, 7) is 0. The third-order valence-electron chi connectivity index (χ3n) is 4.47. The number of aromatic nitrogens is 1. The van der Waals surface area contributed by atoms with E-state index < -0.39 is 27.2 Å². The molecule has 148 valence electrons. The maximum atomic E-state index is 12.8. The Labute approximate surface area is 169 Å². The molecule has 0 aliphatic carbocycles. The Morgan fingerprint density at radius 1 is 0.800 bits per heavy atom. The van der Waals surface area contributed by atoms with Crippen molar-refractivity contribution in [3.8, 4) is 11.3 Å². The predicted octanol–water partition coefficient (Wildman–Crippen LogP) is 4.39. The SMILES string of the molecule is O=C(On1c(-c2ccccc2)cc2ccccc21)c1cc([N+](=O)[O-])cc([N+](=O)[O-])c1. The van der Waals surface area contributed by atoms with E-state index in [2.05, 4.69) is 0 Å². The molecule has 0 radical (unpaired) electrons. The van der Waals surface area contributed by atoms with Gasteiger partial charge in [-0.3, -0.25) is 20.2 Å². The molecule has 0 aliphatic heterocycles. The molecular weight excluding hydrogens is 390 g/mol. The summed E-state index contributed by atoms with van der Waals surface area (Å²) in [5.74, 6) is -0.958. The molecular formula is C21H13N3O6. The van der Waals surface area contributed by atoms with Crippen molar-refractivity contribution in [2.75, 3.05) is 0 Å². The lowest BCUT2D eigenvalue weighted by molar-refractivity contribution is -0.394. The van der Waals surface area contributed by atoms with Crippen LogP contribution in [0.2, 0.25) is 0 Å². The molecule has 3 aromatic carbocycles. The van der Waals surface area contributed by atoms with E-state index in [1.165, 1.54) is 4.73 Å². The first-order valence-electron chi connectivity index (χ1n) is 8.76. The average molecular weight is 403 g/mol. The van der Waals surface area contributed by atoms with Crippen molar-refractivity contribution in [2.24, 2.45) is 0 Å². The van der Waals surface area contributed by atoms with Crippen molar-refractivity contribution < 1.29 is 19.5 Å². The van der Waals surface area contributed by atoms with E-state index in [0.717, 1.165) is 29.1 Å². The van der Waals surface area contributed by atoms with Crippen LogP contribution in [0.1, 0.15) is 10.4 Å². The fourth-order valence-corrected chi connectivity index (χ4v) is 3.10. The number of para-hydroxylation sites is 1. The molecule has 4 aromatic rings. The minimum Gasteiger partial charge on any atom is -0.330 e. The Morgan fingerprint density at radius 3 is 2.03 bits per heavy atom. The molecule has 0 saturated carbocycles. The number of hydrogen-bond acceptors (Lipinski definition) is 6. The molecule has 1 aromatic heterocycles. The Hall–Kier alpha value is -4.53. The Balaban J connectivity index is 1.81. The lowest BCUT2D eigenvalue weighted by Gasteiger charge is -2.11. The quantitative estimate of drug-likeness (QED) is 0.360. The molecule has 0 fully saturated rings. The summed E-state index contributed by atoms with van der Waals surface area (Å²) in [5.41, 5.74) is 0.530. The first-order valence-corrected chi connectivity index (χ1v) is 8.76. The van der Waals surface area contributed by atoms with Crippen LogP contribution < -0.4 is 4.84 Å². The Kier molecular flexibility index (Phi) is 4.69. The standard InChI is InChI=1S/C21H13N3O6/c25-21(16-10-17(23(26)27)13-18(11-16)24(28)29)30-22-19-9-5-4-8-15(19)12-20(22)14-6-2-1-3-7-14/h1-13H. The van der Waals surface area contributed by atoms with Crippen molar-refractivity contribution in [1.29, 1.82) is 0 Å². The molecule has 0 aliphatic rings. The maximum Gasteiger partial charge on any atom is 0.364 e. The second-order valence-electron chi connectivity index (χ2n) is 6.38. The van der Waals surface area contributed by atoms with Crippen molar-refractivity contribution in [3.63, 3.8) is 0 Å². The molecule has 0 unspecified atom stereocenters. The van der Waals surface area contributed by atoms with Crippen molar-refractivity contribution in [2.45, 2.75) is 0 Å². The first-order chi connectivity index (χ1) is 14.4. The van der Waals surface area contributed by atoms with Gasteiger partial charge in [0.25, 0.3) is 11.4 Å². The number of fused-ring (bicyclic) bond motifs is 1. The largest absolute Gasteiger partial charge is 0.364 e. The minimum atomic E-state index is -0.958. The van der Waals surface area contributed by atoms with Crippen LogP contribution in [0, 0.1) is 20.2 Å². The van der Waals surface area contributed by atoms with Gasteiger partial charge in [-0.1, -0.05) is 48.5 Å². The van der Waals surface area contributed by atoms with E-state index in [-0.39, 0.29) is 5.56 Å². The van der Waals surface area contributed by atoms with Crippen molar-refractivity contribution in [3.05, 3.63) is 105 Å². The van der Waals surface area contributed by atoms with Gasteiger partial charge in [-0.2, -0.15) is 4.73 Å². The summed E-state index contributed by atoms with van der Waals surface area (Å²) < 4.78 is 1.32. The topological polar surface area (TPSA) is 118 Å². The van der Waals surface area contributed by atoms with Gasteiger partial charge < -0.3 is 4.84 Å².